The van der Waals surface area contributed by atoms with Crippen molar-refractivity contribution < 1.29 is 64.2 Å². The van der Waals surface area contributed by atoms with Crippen LogP contribution in [0.15, 0.2) is 0 Å². The molecule has 1 saturated carbocycles. The molecule has 4 rings (SSSR count). The maximum atomic E-state index is 11.1. The Balaban J connectivity index is 1.50. The second-order valence-electron chi connectivity index (χ2n) is 11.2. The van der Waals surface area contributed by atoms with Gasteiger partial charge in [0.15, 0.2) is 18.9 Å². The van der Waals surface area contributed by atoms with Crippen LogP contribution in [-0.4, -0.2) is 172 Å². The van der Waals surface area contributed by atoms with Crippen molar-refractivity contribution in [3.8, 4) is 0 Å². The van der Waals surface area contributed by atoms with E-state index in [1.165, 1.54) is 0 Å². The van der Waals surface area contributed by atoms with E-state index in [9.17, 15) is 35.7 Å². The molecular formula is C23H46N6O13. The molecule has 3 saturated heterocycles. The molecule has 19 N–H and O–H groups in total. The van der Waals surface area contributed by atoms with Gasteiger partial charge in [0.1, 0.15) is 67.1 Å². The van der Waals surface area contributed by atoms with E-state index in [2.05, 4.69) is 0 Å². The summed E-state index contributed by atoms with van der Waals surface area (Å²) >= 11 is 0. The van der Waals surface area contributed by atoms with Gasteiger partial charge in [-0.3, -0.25) is 0 Å². The molecule has 0 amide bonds. The van der Waals surface area contributed by atoms with Gasteiger partial charge in [0.2, 0.25) is 0 Å². The summed E-state index contributed by atoms with van der Waals surface area (Å²) in [7, 11) is 0. The van der Waals surface area contributed by atoms with Gasteiger partial charge >= 0.3 is 0 Å². The number of ether oxygens (including phenoxy) is 6. The Morgan fingerprint density at radius 3 is 1.45 bits per heavy atom. The molecule has 1 aliphatic carbocycles. The predicted molar refractivity (Wildman–Crippen MR) is 138 cm³/mol. The second-order valence-corrected chi connectivity index (χ2v) is 11.2. The van der Waals surface area contributed by atoms with Crippen molar-refractivity contribution in [1.82, 2.24) is 0 Å². The molecule has 3 aliphatic heterocycles. The molecule has 0 aromatic heterocycles. The van der Waals surface area contributed by atoms with E-state index in [4.69, 9.17) is 62.8 Å². The monoisotopic (exact) mass is 614 g/mol. The van der Waals surface area contributed by atoms with E-state index in [0.29, 0.717) is 0 Å². The maximum absolute atomic E-state index is 11.1. The van der Waals surface area contributed by atoms with Crippen molar-refractivity contribution in [3.63, 3.8) is 0 Å². The molecule has 4 aliphatic rings. The van der Waals surface area contributed by atoms with Crippen molar-refractivity contribution in [2.45, 2.75) is 123 Å². The molecule has 0 bridgehead atoms. The Morgan fingerprint density at radius 1 is 0.524 bits per heavy atom. The van der Waals surface area contributed by atoms with E-state index < -0.39 is 123 Å². The standard InChI is InChI=1S/C23H46N6O13/c24-2-7-13(32)15(34)10(28)21(37-7)40-18-6(27)1-5(26)12(31)20(18)42-23-17(36)19(9(4-30)39-23)41-22-11(29)16(35)14(33)8(3-25)38-22/h5-23,30-36H,1-4,24-29H2/t5?,6?,7-,8+,9-,10-,11-,12?,13-,14-,15-,16-,17-,18?,19-,20?,21-,22-,23+/m1/s1. The smallest absolute Gasteiger partial charge is 0.187 e. The highest BCUT2D eigenvalue weighted by Gasteiger charge is 2.54. The zero-order chi connectivity index (χ0) is 31.0. The summed E-state index contributed by atoms with van der Waals surface area (Å²) in [5, 5.41) is 73.0. The number of rotatable bonds is 9. The average Bonchev–Trinajstić information content (AvgIpc) is 3.27. The lowest BCUT2D eigenvalue weighted by Crippen LogP contribution is -2.68. The van der Waals surface area contributed by atoms with Crippen LogP contribution in [0.5, 0.6) is 0 Å². The molecule has 19 nitrogen and oxygen atoms in total. The van der Waals surface area contributed by atoms with Gasteiger partial charge in [-0.05, 0) is 6.42 Å². The Kier molecular flexibility index (Phi) is 11.5. The topological polar surface area (TPSA) is 353 Å². The third-order valence-electron chi connectivity index (χ3n) is 8.37. The minimum atomic E-state index is -1.60. The van der Waals surface area contributed by atoms with Gasteiger partial charge in [0.25, 0.3) is 0 Å². The summed E-state index contributed by atoms with van der Waals surface area (Å²) < 4.78 is 34.6. The molecular weight excluding hydrogens is 568 g/mol. The molecule has 42 heavy (non-hydrogen) atoms. The minimum Gasteiger partial charge on any atom is -0.394 e. The number of hydrogen-bond acceptors (Lipinski definition) is 19. The van der Waals surface area contributed by atoms with Crippen LogP contribution in [0.1, 0.15) is 6.42 Å². The predicted octanol–water partition coefficient (Wildman–Crippen LogP) is -8.90. The first-order chi connectivity index (χ1) is 19.8. The molecule has 0 radical (unpaired) electrons. The minimum absolute atomic E-state index is 0.0889. The van der Waals surface area contributed by atoms with E-state index >= 15 is 0 Å². The highest BCUT2D eigenvalue weighted by molar-refractivity contribution is 5.02. The normalized spacial score (nSPS) is 53.8. The maximum Gasteiger partial charge on any atom is 0.187 e. The lowest BCUT2D eigenvalue weighted by molar-refractivity contribution is -0.306. The zero-order valence-electron chi connectivity index (χ0n) is 22.8. The third-order valence-corrected chi connectivity index (χ3v) is 8.37. The SMILES string of the molecule is NC[C@@H]1O[C@H](O[C@H]2[C@@H](O)[C@H](OC3C(O)C(N)CC(N)C3O[C@H]3O[C@H](CN)[C@@H](O)[C@H](O)[C@H]3N)O[C@@H]2CO)[C@H](N)[C@@H](O)[C@@H]1O. The fraction of sp³-hybridized carbons (Fsp3) is 1.00. The first-order valence-electron chi connectivity index (χ1n) is 13.9. The van der Waals surface area contributed by atoms with Crippen LogP contribution in [-0.2, 0) is 28.4 Å². The first kappa shape index (κ1) is 34.1. The summed E-state index contributed by atoms with van der Waals surface area (Å²) in [5.41, 5.74) is 35.6. The molecule has 0 aromatic carbocycles. The van der Waals surface area contributed by atoms with Gasteiger partial charge < -0.3 is 98.6 Å². The molecule has 0 aromatic rings. The quantitative estimate of drug-likeness (QED) is 0.115. The zero-order valence-corrected chi connectivity index (χ0v) is 22.8. The molecule has 3 heterocycles. The van der Waals surface area contributed by atoms with E-state index in [0.717, 1.165) is 0 Å². The van der Waals surface area contributed by atoms with Crippen LogP contribution in [0.3, 0.4) is 0 Å². The van der Waals surface area contributed by atoms with Crippen LogP contribution < -0.4 is 34.4 Å². The molecule has 19 atom stereocenters. The summed E-state index contributed by atoms with van der Waals surface area (Å²) in [6.07, 6.45) is -19.8. The molecule has 5 unspecified atom stereocenters. The summed E-state index contributed by atoms with van der Waals surface area (Å²) in [6.45, 7) is -0.967. The van der Waals surface area contributed by atoms with Gasteiger partial charge in [-0.15, -0.1) is 0 Å². The van der Waals surface area contributed by atoms with Crippen molar-refractivity contribution in [3.05, 3.63) is 0 Å². The average molecular weight is 615 g/mol. The lowest BCUT2D eigenvalue weighted by Gasteiger charge is -2.47. The second kappa shape index (κ2) is 14.1. The van der Waals surface area contributed by atoms with Gasteiger partial charge in [0.05, 0.1) is 24.8 Å². The third kappa shape index (κ3) is 6.60. The van der Waals surface area contributed by atoms with Gasteiger partial charge in [-0.2, -0.15) is 0 Å². The first-order valence-corrected chi connectivity index (χ1v) is 13.9. The van der Waals surface area contributed by atoms with E-state index in [-0.39, 0.29) is 19.5 Å². The highest BCUT2D eigenvalue weighted by Crippen LogP contribution is 2.34. The van der Waals surface area contributed by atoms with E-state index in [1.54, 1.807) is 0 Å². The molecule has 19 heteroatoms. The Labute approximate surface area is 241 Å². The van der Waals surface area contributed by atoms with Gasteiger partial charge in [-0.1, -0.05) is 0 Å². The number of aliphatic hydroxyl groups is 7. The number of aliphatic hydroxyl groups excluding tert-OH is 7. The fourth-order valence-corrected chi connectivity index (χ4v) is 5.74. The van der Waals surface area contributed by atoms with Crippen LogP contribution in [0.25, 0.3) is 0 Å². The fourth-order valence-electron chi connectivity index (χ4n) is 5.74. The summed E-state index contributed by atoms with van der Waals surface area (Å²) in [6, 6.07) is -4.18. The van der Waals surface area contributed by atoms with Crippen LogP contribution >= 0.6 is 0 Å². The molecule has 246 valence electrons. The Morgan fingerprint density at radius 2 is 0.976 bits per heavy atom. The van der Waals surface area contributed by atoms with E-state index in [1.807, 2.05) is 0 Å². The lowest BCUT2D eigenvalue weighted by atomic mass is 9.84. The van der Waals surface area contributed by atoms with Crippen molar-refractivity contribution >= 4 is 0 Å². The summed E-state index contributed by atoms with van der Waals surface area (Å²) in [4.78, 5) is 0. The summed E-state index contributed by atoms with van der Waals surface area (Å²) in [5.74, 6) is 0. The van der Waals surface area contributed by atoms with Crippen molar-refractivity contribution in [1.29, 1.82) is 0 Å². The van der Waals surface area contributed by atoms with Crippen LogP contribution in [0, 0.1) is 0 Å². The Bertz CT molecular complexity index is 868. The highest BCUT2D eigenvalue weighted by atomic mass is 16.8. The van der Waals surface area contributed by atoms with Crippen LogP contribution in [0.2, 0.25) is 0 Å². The van der Waals surface area contributed by atoms with Gasteiger partial charge in [0, 0.05) is 25.2 Å². The van der Waals surface area contributed by atoms with Crippen LogP contribution in [0.4, 0.5) is 0 Å². The van der Waals surface area contributed by atoms with Crippen molar-refractivity contribution in [2.24, 2.45) is 34.4 Å². The Hall–Kier alpha value is -0.760. The molecule has 4 fully saturated rings. The van der Waals surface area contributed by atoms with Crippen molar-refractivity contribution in [2.75, 3.05) is 19.7 Å². The van der Waals surface area contributed by atoms with Gasteiger partial charge in [-0.25, -0.2) is 0 Å². The number of hydrogen-bond donors (Lipinski definition) is 13. The number of nitrogens with two attached hydrogens (primary N) is 6. The largest absolute Gasteiger partial charge is 0.394 e. The molecule has 0 spiro atoms.